The van der Waals surface area contributed by atoms with E-state index in [2.05, 4.69) is 0 Å². The fraction of sp³-hybridized carbons (Fsp3) is 0.600. The molecule has 102 valence electrons. The smallest absolute Gasteiger partial charge is 0.125 e. The lowest BCUT2D eigenvalue weighted by Gasteiger charge is -2.13. The van der Waals surface area contributed by atoms with Gasteiger partial charge in [0.1, 0.15) is 5.75 Å². The van der Waals surface area contributed by atoms with Crippen molar-refractivity contribution in [3.05, 3.63) is 28.8 Å². The molecule has 0 amide bonds. The summed E-state index contributed by atoms with van der Waals surface area (Å²) < 4.78 is 5.80. The van der Waals surface area contributed by atoms with E-state index < -0.39 is 0 Å². The normalized spacial score (nSPS) is 10.7. The van der Waals surface area contributed by atoms with Crippen LogP contribution in [0, 0.1) is 13.8 Å². The van der Waals surface area contributed by atoms with Crippen molar-refractivity contribution >= 4 is 0 Å². The van der Waals surface area contributed by atoms with Crippen LogP contribution in [-0.2, 0) is 6.61 Å². The fourth-order valence-corrected chi connectivity index (χ4v) is 2.10. The predicted molar refractivity (Wildman–Crippen MR) is 72.9 cm³/mol. The molecule has 0 saturated heterocycles. The largest absolute Gasteiger partial charge is 0.493 e. The van der Waals surface area contributed by atoms with Crippen LogP contribution in [0.25, 0.3) is 0 Å². The molecule has 0 aliphatic rings. The molecular formula is C15H24O3. The van der Waals surface area contributed by atoms with Gasteiger partial charge in [-0.3, -0.25) is 0 Å². The van der Waals surface area contributed by atoms with Crippen LogP contribution < -0.4 is 4.74 Å². The lowest BCUT2D eigenvalue weighted by atomic mass is 10.1. The monoisotopic (exact) mass is 252 g/mol. The van der Waals surface area contributed by atoms with Crippen molar-refractivity contribution < 1.29 is 14.9 Å². The molecule has 18 heavy (non-hydrogen) atoms. The quantitative estimate of drug-likeness (QED) is 0.699. The van der Waals surface area contributed by atoms with Crippen LogP contribution in [0.15, 0.2) is 12.1 Å². The van der Waals surface area contributed by atoms with Gasteiger partial charge in [-0.2, -0.15) is 0 Å². The van der Waals surface area contributed by atoms with E-state index in [4.69, 9.17) is 14.9 Å². The van der Waals surface area contributed by atoms with E-state index in [1.54, 1.807) is 0 Å². The molecule has 3 nitrogen and oxygen atoms in total. The van der Waals surface area contributed by atoms with Gasteiger partial charge in [-0.25, -0.2) is 0 Å². The number of aryl methyl sites for hydroxylation is 2. The van der Waals surface area contributed by atoms with E-state index in [9.17, 15) is 0 Å². The summed E-state index contributed by atoms with van der Waals surface area (Å²) in [5.74, 6) is 0.939. The van der Waals surface area contributed by atoms with Gasteiger partial charge in [-0.1, -0.05) is 18.6 Å². The minimum absolute atomic E-state index is 0.0725. The van der Waals surface area contributed by atoms with E-state index in [0.717, 1.165) is 48.1 Å². The molecule has 2 N–H and O–H groups in total. The molecule has 0 bridgehead atoms. The summed E-state index contributed by atoms with van der Waals surface area (Å²) >= 11 is 0. The molecule has 1 aromatic carbocycles. The highest BCUT2D eigenvalue weighted by atomic mass is 16.5. The molecule has 0 aliphatic carbocycles. The number of ether oxygens (including phenoxy) is 1. The second kappa shape index (κ2) is 8.11. The average molecular weight is 252 g/mol. The Labute approximate surface area is 109 Å². The third-order valence-electron chi connectivity index (χ3n) is 3.00. The molecule has 0 radical (unpaired) electrons. The van der Waals surface area contributed by atoms with Gasteiger partial charge in [0.25, 0.3) is 0 Å². The number of aliphatic hydroxyl groups excluding tert-OH is 2. The Bertz CT molecular complexity index is 338. The summed E-state index contributed by atoms with van der Waals surface area (Å²) in [5, 5.41) is 17.8. The van der Waals surface area contributed by atoms with Crippen molar-refractivity contribution in [2.45, 2.75) is 46.1 Å². The highest BCUT2D eigenvalue weighted by Crippen LogP contribution is 2.25. The maximum absolute atomic E-state index is 9.11. The molecule has 0 atom stereocenters. The summed E-state index contributed by atoms with van der Waals surface area (Å²) in [6.45, 7) is 5.08. The predicted octanol–water partition coefficient (Wildman–Crippen LogP) is 2.73. The number of unbranched alkanes of at least 4 members (excludes halogenated alkanes) is 3. The zero-order valence-electron chi connectivity index (χ0n) is 11.4. The van der Waals surface area contributed by atoms with Crippen LogP contribution in [0.4, 0.5) is 0 Å². The first-order chi connectivity index (χ1) is 8.69. The number of hydrogen-bond donors (Lipinski definition) is 2. The zero-order valence-corrected chi connectivity index (χ0v) is 11.4. The third kappa shape index (κ3) is 4.67. The van der Waals surface area contributed by atoms with E-state index in [0.29, 0.717) is 6.61 Å². The first kappa shape index (κ1) is 15.0. The number of benzene rings is 1. The van der Waals surface area contributed by atoms with Gasteiger partial charge < -0.3 is 14.9 Å². The summed E-state index contributed by atoms with van der Waals surface area (Å²) in [6, 6.07) is 3.93. The summed E-state index contributed by atoms with van der Waals surface area (Å²) in [7, 11) is 0. The van der Waals surface area contributed by atoms with E-state index >= 15 is 0 Å². The standard InChI is InChI=1S/C15H24O3/c1-12-9-14(11-17)10-13(2)15(12)18-8-6-4-3-5-7-16/h9-10,16-17H,3-8,11H2,1-2H3. The van der Waals surface area contributed by atoms with E-state index in [1.807, 2.05) is 26.0 Å². The topological polar surface area (TPSA) is 49.7 Å². The third-order valence-corrected chi connectivity index (χ3v) is 3.00. The van der Waals surface area contributed by atoms with Gasteiger partial charge in [0.15, 0.2) is 0 Å². The number of rotatable bonds is 8. The van der Waals surface area contributed by atoms with Crippen molar-refractivity contribution in [2.75, 3.05) is 13.2 Å². The van der Waals surface area contributed by atoms with Gasteiger partial charge in [0, 0.05) is 6.61 Å². The van der Waals surface area contributed by atoms with Crippen molar-refractivity contribution in [3.63, 3.8) is 0 Å². The Balaban J connectivity index is 2.42. The van der Waals surface area contributed by atoms with Crippen molar-refractivity contribution in [3.8, 4) is 5.75 Å². The second-order valence-electron chi connectivity index (χ2n) is 4.70. The van der Waals surface area contributed by atoms with Crippen LogP contribution in [0.2, 0.25) is 0 Å². The highest BCUT2D eigenvalue weighted by Gasteiger charge is 2.05. The summed E-state index contributed by atoms with van der Waals surface area (Å²) in [5.41, 5.74) is 3.09. The van der Waals surface area contributed by atoms with Crippen LogP contribution in [0.1, 0.15) is 42.4 Å². The SMILES string of the molecule is Cc1cc(CO)cc(C)c1OCCCCCCO. The molecule has 0 aromatic heterocycles. The van der Waals surface area contributed by atoms with Gasteiger partial charge >= 0.3 is 0 Å². The molecule has 0 spiro atoms. The van der Waals surface area contributed by atoms with Crippen molar-refractivity contribution in [1.82, 2.24) is 0 Å². The average Bonchev–Trinajstić information content (AvgIpc) is 2.35. The molecule has 0 unspecified atom stereocenters. The Kier molecular flexibility index (Phi) is 6.76. The number of aliphatic hydroxyl groups is 2. The first-order valence-corrected chi connectivity index (χ1v) is 6.63. The maximum atomic E-state index is 9.11. The molecule has 1 rings (SSSR count). The summed E-state index contributed by atoms with van der Waals surface area (Å²) in [4.78, 5) is 0. The maximum Gasteiger partial charge on any atom is 0.125 e. The van der Waals surface area contributed by atoms with Crippen molar-refractivity contribution in [2.24, 2.45) is 0 Å². The molecule has 0 saturated carbocycles. The highest BCUT2D eigenvalue weighted by molar-refractivity contribution is 5.43. The zero-order chi connectivity index (χ0) is 13.4. The van der Waals surface area contributed by atoms with E-state index in [1.165, 1.54) is 0 Å². The molecule has 0 aliphatic heterocycles. The molecule has 0 fully saturated rings. The first-order valence-electron chi connectivity index (χ1n) is 6.63. The number of hydrogen-bond acceptors (Lipinski definition) is 3. The van der Waals surface area contributed by atoms with Crippen LogP contribution in [-0.4, -0.2) is 23.4 Å². The van der Waals surface area contributed by atoms with E-state index in [-0.39, 0.29) is 13.2 Å². The Hall–Kier alpha value is -1.06. The molecule has 1 aromatic rings. The minimum atomic E-state index is 0.0725. The summed E-state index contributed by atoms with van der Waals surface area (Å²) in [6.07, 6.45) is 4.04. The Morgan fingerprint density at radius 3 is 2.11 bits per heavy atom. The lowest BCUT2D eigenvalue weighted by molar-refractivity contribution is 0.271. The molecule has 3 heteroatoms. The second-order valence-corrected chi connectivity index (χ2v) is 4.70. The Morgan fingerprint density at radius 1 is 0.944 bits per heavy atom. The van der Waals surface area contributed by atoms with Gasteiger partial charge in [0.05, 0.1) is 13.2 Å². The van der Waals surface area contributed by atoms with Gasteiger partial charge in [0.2, 0.25) is 0 Å². The molecular weight excluding hydrogens is 228 g/mol. The van der Waals surface area contributed by atoms with Crippen LogP contribution in [0.5, 0.6) is 5.75 Å². The van der Waals surface area contributed by atoms with Gasteiger partial charge in [-0.15, -0.1) is 0 Å². The fourth-order valence-electron chi connectivity index (χ4n) is 2.10. The Morgan fingerprint density at radius 2 is 1.56 bits per heavy atom. The van der Waals surface area contributed by atoms with Crippen LogP contribution >= 0.6 is 0 Å². The van der Waals surface area contributed by atoms with Crippen LogP contribution in [0.3, 0.4) is 0 Å². The van der Waals surface area contributed by atoms with Gasteiger partial charge in [-0.05, 0) is 49.8 Å². The van der Waals surface area contributed by atoms with Crippen molar-refractivity contribution in [1.29, 1.82) is 0 Å². The molecule has 0 heterocycles. The minimum Gasteiger partial charge on any atom is -0.493 e. The lowest BCUT2D eigenvalue weighted by Crippen LogP contribution is -2.02.